The van der Waals surface area contributed by atoms with Gasteiger partial charge in [-0.3, -0.25) is 0 Å². The molecule has 0 fully saturated rings. The Kier molecular flexibility index (Phi) is 87.3. The van der Waals surface area contributed by atoms with E-state index < -0.39 is 0 Å². The molecule has 0 aromatic carbocycles. The summed E-state index contributed by atoms with van der Waals surface area (Å²) in [6, 6.07) is 0. The van der Waals surface area contributed by atoms with E-state index in [1.165, 1.54) is 0 Å². The molecule has 0 bridgehead atoms. The minimum atomic E-state index is 0. The second kappa shape index (κ2) is 20.7. The van der Waals surface area contributed by atoms with Crippen molar-refractivity contribution in [1.82, 2.24) is 0 Å². The number of hydrogen-bond donors (Lipinski definition) is 0. The van der Waals surface area contributed by atoms with Crippen molar-refractivity contribution >= 4 is 0 Å². The fraction of sp³-hybridized carbons (Fsp3) is 0. The predicted octanol–water partition coefficient (Wildman–Crippen LogP) is -5.89. The fourth-order valence-electron chi connectivity index (χ4n) is 0. The van der Waals surface area contributed by atoms with Crippen LogP contribution < -0.4 is 48.4 Å². The Bertz CT molecular complexity index is 13.5. The van der Waals surface area contributed by atoms with E-state index in [9.17, 15) is 0 Å². The van der Waals surface area contributed by atoms with Crippen LogP contribution in [0.5, 0.6) is 0 Å². The molecule has 0 atom stereocenters. The maximum absolute atomic E-state index is 7.88. The van der Waals surface area contributed by atoms with E-state index in [1.54, 1.807) is 0 Å². The molecule has 0 saturated heterocycles. The van der Waals surface area contributed by atoms with Crippen LogP contribution in [0.2, 0.25) is 0 Å². The van der Waals surface area contributed by atoms with Crippen LogP contribution in [0.1, 0.15) is 2.85 Å². The Morgan fingerprint density at radius 3 is 1.50 bits per heavy atom. The van der Waals surface area contributed by atoms with Gasteiger partial charge in [0.15, 0.2) is 0 Å². The summed E-state index contributed by atoms with van der Waals surface area (Å²) in [5, 5.41) is 0. The molecule has 0 heterocycles. The molecule has 0 unspecified atom stereocenters. The molecule has 0 aromatic rings. The molecular weight excluding hydrogens is 105 g/mol. The molecule has 1 nitrogen and oxygen atoms in total. The molecule has 0 aliphatic heterocycles. The Morgan fingerprint density at radius 1 is 1.50 bits per heavy atom. The number of rotatable bonds is 0. The Labute approximate surface area is 69.9 Å². The second-order valence-electron chi connectivity index (χ2n) is 0. The molecule has 0 amide bonds. The van der Waals surface area contributed by atoms with Crippen LogP contribution in [-0.4, -0.2) is 0 Å². The van der Waals surface area contributed by atoms with Crippen molar-refractivity contribution in [2.24, 2.45) is 0 Å². The van der Waals surface area contributed by atoms with Crippen molar-refractivity contribution in [3.05, 3.63) is 0 Å². The van der Waals surface area contributed by atoms with E-state index in [-0.39, 0.29) is 51.3 Å². The Morgan fingerprint density at radius 2 is 1.50 bits per heavy atom. The van der Waals surface area contributed by atoms with Gasteiger partial charge in [0.25, 0.3) is 0 Å². The van der Waals surface area contributed by atoms with E-state index in [2.05, 4.69) is 15.4 Å². The normalized spacial score (nSPS) is 1.50. The van der Waals surface area contributed by atoms with Gasteiger partial charge in [-0.1, -0.05) is 0 Å². The SMILES string of the molecule is [H-].[H-].[Li+].[Na+].[O]=[Ni]. The van der Waals surface area contributed by atoms with Gasteiger partial charge in [-0.15, -0.1) is 0 Å². The standard InChI is InChI=1S/Li.Na.Ni.O.2H/q2*+1;;;2*-1. The first kappa shape index (κ1) is 16.9. The molecule has 4 heteroatoms. The van der Waals surface area contributed by atoms with Gasteiger partial charge in [0, 0.05) is 0 Å². The van der Waals surface area contributed by atoms with Crippen molar-refractivity contribution in [2.45, 2.75) is 0 Å². The van der Waals surface area contributed by atoms with Crippen LogP contribution in [0.4, 0.5) is 0 Å². The van der Waals surface area contributed by atoms with Gasteiger partial charge < -0.3 is 2.85 Å². The summed E-state index contributed by atoms with van der Waals surface area (Å²) >= 11 is 2.62. The molecule has 0 aromatic heterocycles. The zero-order valence-corrected chi connectivity index (χ0v) is 5.71. The van der Waals surface area contributed by atoms with Crippen LogP contribution in [0, 0.1) is 0 Å². The zero-order chi connectivity index (χ0) is 2.00. The quantitative estimate of drug-likeness (QED) is 0.281. The monoisotopic (exact) mass is 106 g/mol. The Balaban J connectivity index is -0.000000000833. The maximum atomic E-state index is 7.88. The summed E-state index contributed by atoms with van der Waals surface area (Å²) < 4.78 is 7.88. The molecule has 0 aliphatic carbocycles. The van der Waals surface area contributed by atoms with Crippen molar-refractivity contribution in [2.75, 3.05) is 0 Å². The van der Waals surface area contributed by atoms with E-state index in [1.807, 2.05) is 0 Å². The first-order chi connectivity index (χ1) is 1.00. The second-order valence-corrected chi connectivity index (χ2v) is 0. The van der Waals surface area contributed by atoms with E-state index >= 15 is 0 Å². The predicted molar refractivity (Wildman–Crippen MR) is 2.91 cm³/mol. The van der Waals surface area contributed by atoms with Gasteiger partial charge in [-0.2, -0.15) is 0 Å². The third kappa shape index (κ3) is 9.09. The molecule has 0 rings (SSSR count). The van der Waals surface area contributed by atoms with Crippen molar-refractivity contribution in [1.29, 1.82) is 0 Å². The van der Waals surface area contributed by atoms with Gasteiger partial charge in [-0.25, -0.2) is 0 Å². The molecule has 0 saturated carbocycles. The van der Waals surface area contributed by atoms with Crippen molar-refractivity contribution in [3.63, 3.8) is 0 Å². The topological polar surface area (TPSA) is 17.1 Å². The summed E-state index contributed by atoms with van der Waals surface area (Å²) in [6.07, 6.45) is 0. The van der Waals surface area contributed by atoms with Crippen LogP contribution >= 0.6 is 0 Å². The van der Waals surface area contributed by atoms with Crippen molar-refractivity contribution in [3.8, 4) is 0 Å². The Hall–Kier alpha value is 1.89. The first-order valence-corrected chi connectivity index (χ1v) is 0.532. The molecule has 4 heavy (non-hydrogen) atoms. The summed E-state index contributed by atoms with van der Waals surface area (Å²) in [5.41, 5.74) is 0. The van der Waals surface area contributed by atoms with Crippen LogP contribution in [-0.2, 0) is 19.3 Å². The van der Waals surface area contributed by atoms with Crippen LogP contribution in [0.3, 0.4) is 0 Å². The average Bonchev–Trinajstić information content (AvgIpc) is 1.00. The van der Waals surface area contributed by atoms with Gasteiger partial charge in [0.2, 0.25) is 0 Å². The van der Waals surface area contributed by atoms with E-state index in [0.717, 1.165) is 0 Å². The molecule has 0 spiro atoms. The molecule has 0 radical (unpaired) electrons. The number of hydrogen-bond acceptors (Lipinski definition) is 1. The minimum absolute atomic E-state index is 0. The van der Waals surface area contributed by atoms with E-state index in [4.69, 9.17) is 3.90 Å². The third-order valence-electron chi connectivity index (χ3n) is 0. The molecule has 0 N–H and O–H groups in total. The molecule has 20 valence electrons. The summed E-state index contributed by atoms with van der Waals surface area (Å²) in [4.78, 5) is 0. The first-order valence-electron chi connectivity index (χ1n) is 0.129. The zero-order valence-electron chi connectivity index (χ0n) is 4.72. The van der Waals surface area contributed by atoms with E-state index in [0.29, 0.717) is 0 Å². The third-order valence-corrected chi connectivity index (χ3v) is 0. The van der Waals surface area contributed by atoms with Crippen LogP contribution in [0.25, 0.3) is 0 Å². The molecular formula is H2LiNaNiO. The van der Waals surface area contributed by atoms with Gasteiger partial charge in [-0.05, 0) is 0 Å². The van der Waals surface area contributed by atoms with Gasteiger partial charge in [0.1, 0.15) is 0 Å². The average molecular weight is 107 g/mol. The summed E-state index contributed by atoms with van der Waals surface area (Å²) in [6.45, 7) is 0. The summed E-state index contributed by atoms with van der Waals surface area (Å²) in [5.74, 6) is 0. The fourth-order valence-corrected chi connectivity index (χ4v) is 0. The van der Waals surface area contributed by atoms with Crippen LogP contribution in [0.15, 0.2) is 0 Å². The van der Waals surface area contributed by atoms with Gasteiger partial charge in [0.05, 0.1) is 0 Å². The van der Waals surface area contributed by atoms with Gasteiger partial charge >= 0.3 is 67.7 Å². The summed E-state index contributed by atoms with van der Waals surface area (Å²) in [7, 11) is 0. The molecule has 0 aliphatic rings. The van der Waals surface area contributed by atoms with Crippen molar-refractivity contribution < 1.29 is 70.6 Å².